The van der Waals surface area contributed by atoms with Crippen LogP contribution in [-0.2, 0) is 4.79 Å². The Morgan fingerprint density at radius 2 is 1.38 bits per heavy atom. The molecule has 0 saturated heterocycles. The average molecular weight is 371 g/mol. The van der Waals surface area contributed by atoms with Crippen molar-refractivity contribution in [3.63, 3.8) is 0 Å². The number of anilines is 2. The second-order valence-corrected chi connectivity index (χ2v) is 7.04. The number of nitrogens with one attached hydrogen (secondary N) is 4. The van der Waals surface area contributed by atoms with E-state index in [4.69, 9.17) is 12.2 Å². The molecule has 138 valence electrons. The van der Waals surface area contributed by atoms with Gasteiger partial charge in [0.25, 0.3) is 5.91 Å². The van der Waals surface area contributed by atoms with Gasteiger partial charge in [-0.05, 0) is 81.2 Å². The molecule has 0 aliphatic carbocycles. The van der Waals surface area contributed by atoms with E-state index in [-0.39, 0.29) is 12.5 Å². The lowest BCUT2D eigenvalue weighted by Gasteiger charge is -2.15. The Bertz CT molecular complexity index is 789. The number of amides is 1. The number of aryl methyl sites for hydroxylation is 5. The van der Waals surface area contributed by atoms with E-state index in [0.29, 0.717) is 5.11 Å². The highest BCUT2D eigenvalue weighted by Gasteiger charge is 2.07. The van der Waals surface area contributed by atoms with E-state index in [2.05, 4.69) is 46.6 Å². The van der Waals surface area contributed by atoms with Crippen LogP contribution >= 0.6 is 12.2 Å². The van der Waals surface area contributed by atoms with Gasteiger partial charge in [0, 0.05) is 11.4 Å². The summed E-state index contributed by atoms with van der Waals surface area (Å²) >= 11 is 5.22. The summed E-state index contributed by atoms with van der Waals surface area (Å²) in [5.74, 6) is -0.200. The van der Waals surface area contributed by atoms with Crippen molar-refractivity contribution in [1.82, 2.24) is 10.9 Å². The molecule has 0 radical (unpaired) electrons. The van der Waals surface area contributed by atoms with E-state index in [1.807, 2.05) is 39.8 Å². The van der Waals surface area contributed by atoms with E-state index >= 15 is 0 Å². The van der Waals surface area contributed by atoms with Gasteiger partial charge in [-0.3, -0.25) is 15.6 Å². The van der Waals surface area contributed by atoms with Crippen molar-refractivity contribution < 1.29 is 4.79 Å². The quantitative estimate of drug-likeness (QED) is 0.489. The van der Waals surface area contributed by atoms with Gasteiger partial charge in [0.15, 0.2) is 5.11 Å². The van der Waals surface area contributed by atoms with E-state index in [1.54, 1.807) is 0 Å². The monoisotopic (exact) mass is 370 g/mol. The van der Waals surface area contributed by atoms with Crippen LogP contribution in [0.4, 0.5) is 11.4 Å². The maximum absolute atomic E-state index is 12.0. The molecule has 0 heterocycles. The standard InChI is InChI=1S/C20H26N4OS/c1-12-6-13(2)10-17(9-12)22-20(26)24-23-18(25)11-21-19-15(4)7-14(3)8-16(19)5/h6-10,21H,11H2,1-5H3,(H,23,25)(H2,22,24,26). The van der Waals surface area contributed by atoms with Gasteiger partial charge in [0.1, 0.15) is 0 Å². The van der Waals surface area contributed by atoms with Gasteiger partial charge in [-0.15, -0.1) is 0 Å². The topological polar surface area (TPSA) is 65.2 Å². The van der Waals surface area contributed by atoms with Crippen molar-refractivity contribution in [3.8, 4) is 0 Å². The molecule has 6 heteroatoms. The SMILES string of the molecule is Cc1cc(C)cc(NC(=S)NNC(=O)CNc2c(C)cc(C)cc2C)c1. The van der Waals surface area contributed by atoms with Gasteiger partial charge < -0.3 is 10.6 Å². The zero-order valence-electron chi connectivity index (χ0n) is 15.9. The lowest BCUT2D eigenvalue weighted by atomic mass is 10.1. The van der Waals surface area contributed by atoms with Crippen molar-refractivity contribution in [2.45, 2.75) is 34.6 Å². The number of hydrogen-bond acceptors (Lipinski definition) is 3. The third kappa shape index (κ3) is 5.74. The number of thiocarbonyl (C=S) groups is 1. The molecule has 0 atom stereocenters. The third-order valence-corrected chi connectivity index (χ3v) is 4.10. The second kappa shape index (κ2) is 8.67. The van der Waals surface area contributed by atoms with Gasteiger partial charge >= 0.3 is 0 Å². The molecule has 0 bridgehead atoms. The highest BCUT2D eigenvalue weighted by molar-refractivity contribution is 7.80. The molecule has 0 spiro atoms. The van der Waals surface area contributed by atoms with E-state index in [1.165, 1.54) is 5.56 Å². The number of carbonyl (C=O) groups is 1. The summed E-state index contributed by atoms with van der Waals surface area (Å²) in [5.41, 5.74) is 12.9. The minimum Gasteiger partial charge on any atom is -0.376 e. The van der Waals surface area contributed by atoms with Crippen LogP contribution < -0.4 is 21.5 Å². The molecule has 0 aromatic heterocycles. The predicted molar refractivity (Wildman–Crippen MR) is 113 cm³/mol. The van der Waals surface area contributed by atoms with Crippen LogP contribution in [0.25, 0.3) is 0 Å². The van der Waals surface area contributed by atoms with Gasteiger partial charge in [-0.1, -0.05) is 23.8 Å². The largest absolute Gasteiger partial charge is 0.376 e. The summed E-state index contributed by atoms with van der Waals surface area (Å²) in [5, 5.41) is 6.58. The van der Waals surface area contributed by atoms with Crippen molar-refractivity contribution in [2.75, 3.05) is 17.2 Å². The van der Waals surface area contributed by atoms with Crippen molar-refractivity contribution in [2.24, 2.45) is 0 Å². The Labute approximate surface area is 160 Å². The molecule has 0 fully saturated rings. The first-order chi connectivity index (χ1) is 12.2. The van der Waals surface area contributed by atoms with E-state index < -0.39 is 0 Å². The van der Waals surface area contributed by atoms with Crippen LogP contribution in [0.3, 0.4) is 0 Å². The normalized spacial score (nSPS) is 10.2. The second-order valence-electron chi connectivity index (χ2n) is 6.63. The molecule has 0 aliphatic heterocycles. The fourth-order valence-corrected chi connectivity index (χ4v) is 3.18. The molecule has 1 amide bonds. The van der Waals surface area contributed by atoms with Crippen LogP contribution in [0.15, 0.2) is 30.3 Å². The number of hydrogen-bond donors (Lipinski definition) is 4. The zero-order chi connectivity index (χ0) is 19.3. The summed E-state index contributed by atoms with van der Waals surface area (Å²) in [7, 11) is 0. The molecule has 2 rings (SSSR count). The average Bonchev–Trinajstić information content (AvgIpc) is 2.50. The summed E-state index contributed by atoms with van der Waals surface area (Å²) < 4.78 is 0. The van der Waals surface area contributed by atoms with Crippen LogP contribution in [0.1, 0.15) is 27.8 Å². The molecule has 26 heavy (non-hydrogen) atoms. The first kappa shape index (κ1) is 19.7. The molecule has 2 aromatic carbocycles. The highest BCUT2D eigenvalue weighted by atomic mass is 32.1. The Hall–Kier alpha value is -2.60. The first-order valence-corrected chi connectivity index (χ1v) is 8.91. The fourth-order valence-electron chi connectivity index (χ4n) is 3.01. The van der Waals surface area contributed by atoms with Crippen LogP contribution in [0.2, 0.25) is 0 Å². The zero-order valence-corrected chi connectivity index (χ0v) is 16.7. The molecular formula is C20H26N4OS. The van der Waals surface area contributed by atoms with Crippen molar-refractivity contribution in [3.05, 3.63) is 58.1 Å². The fraction of sp³-hybridized carbons (Fsp3) is 0.300. The first-order valence-electron chi connectivity index (χ1n) is 8.50. The Balaban J connectivity index is 1.82. The van der Waals surface area contributed by atoms with E-state index in [9.17, 15) is 4.79 Å². The Morgan fingerprint density at radius 1 is 0.846 bits per heavy atom. The summed E-state index contributed by atoms with van der Waals surface area (Å²) in [6.45, 7) is 10.3. The molecule has 0 saturated carbocycles. The van der Waals surface area contributed by atoms with E-state index in [0.717, 1.165) is 33.6 Å². The Kier molecular flexibility index (Phi) is 6.58. The van der Waals surface area contributed by atoms with Crippen LogP contribution in [0, 0.1) is 34.6 Å². The predicted octanol–water partition coefficient (Wildman–Crippen LogP) is 3.66. The maximum atomic E-state index is 12.0. The molecule has 4 N–H and O–H groups in total. The lowest BCUT2D eigenvalue weighted by Crippen LogP contribution is -2.46. The number of rotatable bonds is 4. The number of hydrazine groups is 1. The van der Waals surface area contributed by atoms with Crippen LogP contribution in [0.5, 0.6) is 0 Å². The highest BCUT2D eigenvalue weighted by Crippen LogP contribution is 2.21. The third-order valence-electron chi connectivity index (χ3n) is 3.90. The van der Waals surface area contributed by atoms with Gasteiger partial charge in [0.2, 0.25) is 0 Å². The summed E-state index contributed by atoms with van der Waals surface area (Å²) in [4.78, 5) is 12.0. The molecule has 2 aromatic rings. The molecule has 0 aliphatic rings. The summed E-state index contributed by atoms with van der Waals surface area (Å²) in [6.07, 6.45) is 0. The Morgan fingerprint density at radius 3 is 1.96 bits per heavy atom. The minimum atomic E-state index is -0.200. The smallest absolute Gasteiger partial charge is 0.257 e. The number of carbonyl (C=O) groups excluding carboxylic acids is 1. The van der Waals surface area contributed by atoms with Gasteiger partial charge in [-0.25, -0.2) is 0 Å². The molecular weight excluding hydrogens is 344 g/mol. The molecule has 5 nitrogen and oxygen atoms in total. The summed E-state index contributed by atoms with van der Waals surface area (Å²) in [6, 6.07) is 10.3. The van der Waals surface area contributed by atoms with Gasteiger partial charge in [0.05, 0.1) is 6.54 Å². The van der Waals surface area contributed by atoms with Crippen molar-refractivity contribution >= 4 is 34.6 Å². The van der Waals surface area contributed by atoms with Gasteiger partial charge in [-0.2, -0.15) is 0 Å². The maximum Gasteiger partial charge on any atom is 0.257 e. The molecule has 0 unspecified atom stereocenters. The minimum absolute atomic E-state index is 0.157. The van der Waals surface area contributed by atoms with Crippen molar-refractivity contribution in [1.29, 1.82) is 0 Å². The number of benzene rings is 2. The lowest BCUT2D eigenvalue weighted by molar-refractivity contribution is -0.119. The van der Waals surface area contributed by atoms with Crippen LogP contribution in [-0.4, -0.2) is 17.6 Å².